The van der Waals surface area contributed by atoms with Gasteiger partial charge in [-0.2, -0.15) is 0 Å². The molecule has 1 nitrogen and oxygen atoms in total. The fraction of sp³-hybridized carbons (Fsp3) is 0.0667. The number of benzene rings is 15. The molecule has 0 amide bonds. The maximum Gasteiger partial charge on any atom is 0.0468 e. The Morgan fingerprint density at radius 1 is 0.176 bits per heavy atom. The lowest BCUT2D eigenvalue weighted by Crippen LogP contribution is -2.10. The summed E-state index contributed by atoms with van der Waals surface area (Å²) in [6.07, 6.45) is 13.1. The molecule has 434 valence electrons. The predicted octanol–water partition coefficient (Wildman–Crippen LogP) is 25.4. The van der Waals surface area contributed by atoms with Crippen molar-refractivity contribution >= 4 is 118 Å². The zero-order chi connectivity index (χ0) is 61.7. The molecule has 0 atom stereocenters. The minimum absolute atomic E-state index is 1.12. The topological polar surface area (TPSA) is 3.24 Å². The molecule has 15 rings (SSSR count). The van der Waals surface area contributed by atoms with E-state index in [9.17, 15) is 0 Å². The van der Waals surface area contributed by atoms with Crippen molar-refractivity contribution in [2.24, 2.45) is 0 Å². The summed E-state index contributed by atoms with van der Waals surface area (Å²) in [5.41, 5.74) is 25.6. The van der Waals surface area contributed by atoms with E-state index in [2.05, 4.69) is 356 Å². The second-order valence-electron chi connectivity index (χ2n) is 24.7. The van der Waals surface area contributed by atoms with E-state index >= 15 is 0 Å². The molecule has 15 aromatic rings. The molecule has 0 unspecified atom stereocenters. The van der Waals surface area contributed by atoms with Crippen molar-refractivity contribution in [3.05, 3.63) is 340 Å². The van der Waals surface area contributed by atoms with Crippen LogP contribution in [0.4, 0.5) is 17.1 Å². The maximum absolute atomic E-state index is 2.50. The standard InChI is InChI=1S/C90H69N/c1-58-61(4)88-55-76(43-49-82(88)79-46-40-73(52-85(58)79)70-34-28-67(29-35-70)25-22-64-16-10-7-11-17-64)91(77-44-50-83-80-47-41-74(53-86(80)59(2)62(5)89(83)56-77)71-36-30-68(31-37-71)26-23-65-18-12-8-13-19-65)78-45-51-84-81-48-42-75(54-87(81)60(3)63(6)90(84)57-78)72-38-32-69(33-39-72)27-24-66-20-14-9-15-21-66/h7-57H,1-6H3/b25-22+,26-23+,27-24+. The van der Waals surface area contributed by atoms with Gasteiger partial charge in [-0.3, -0.25) is 0 Å². The molecule has 0 bridgehead atoms. The van der Waals surface area contributed by atoms with Crippen molar-refractivity contribution in [1.82, 2.24) is 0 Å². The first-order chi connectivity index (χ1) is 44.6. The molecule has 1 heteroatoms. The van der Waals surface area contributed by atoms with Crippen LogP contribution in [0.15, 0.2) is 273 Å². The van der Waals surface area contributed by atoms with Crippen LogP contribution in [-0.4, -0.2) is 0 Å². The number of hydrogen-bond acceptors (Lipinski definition) is 1. The van der Waals surface area contributed by atoms with Crippen molar-refractivity contribution in [1.29, 1.82) is 0 Å². The Bertz CT molecular complexity index is 4860. The number of hydrogen-bond donors (Lipinski definition) is 0. The van der Waals surface area contributed by atoms with E-state index in [0.717, 1.165) is 17.1 Å². The molecule has 0 heterocycles. The van der Waals surface area contributed by atoms with Crippen molar-refractivity contribution in [2.75, 3.05) is 4.90 Å². The van der Waals surface area contributed by atoms with Crippen LogP contribution >= 0.6 is 0 Å². The third kappa shape index (κ3) is 10.8. The zero-order valence-electron chi connectivity index (χ0n) is 52.4. The molecular weight excluding hydrogens is 1090 g/mol. The molecule has 0 fully saturated rings. The van der Waals surface area contributed by atoms with Crippen LogP contribution in [0.5, 0.6) is 0 Å². The monoisotopic (exact) mass is 1160 g/mol. The molecule has 0 saturated carbocycles. The number of rotatable bonds is 12. The van der Waals surface area contributed by atoms with Gasteiger partial charge in [-0.1, -0.05) is 255 Å². The summed E-state index contributed by atoms with van der Waals surface area (Å²) in [5.74, 6) is 0. The Kier molecular flexibility index (Phi) is 14.7. The Morgan fingerprint density at radius 3 is 0.615 bits per heavy atom. The largest absolute Gasteiger partial charge is 0.310 e. The molecule has 0 N–H and O–H groups in total. The Labute approximate surface area is 534 Å². The second kappa shape index (κ2) is 23.8. The highest BCUT2D eigenvalue weighted by molar-refractivity contribution is 6.16. The van der Waals surface area contributed by atoms with Gasteiger partial charge in [-0.25, -0.2) is 0 Å². The summed E-state index contributed by atoms with van der Waals surface area (Å²) in [6, 6.07) is 101. The Balaban J connectivity index is 0.817. The molecule has 0 saturated heterocycles. The van der Waals surface area contributed by atoms with Crippen molar-refractivity contribution in [3.63, 3.8) is 0 Å². The van der Waals surface area contributed by atoms with Crippen LogP contribution in [0.1, 0.15) is 66.8 Å². The first kappa shape index (κ1) is 56.4. The fourth-order valence-electron chi connectivity index (χ4n) is 13.7. The quantitative estimate of drug-likeness (QED) is 0.0870. The van der Waals surface area contributed by atoms with Gasteiger partial charge in [0.2, 0.25) is 0 Å². The molecule has 0 spiro atoms. The van der Waals surface area contributed by atoms with Crippen LogP contribution < -0.4 is 4.90 Å². The number of aryl methyl sites for hydroxylation is 6. The minimum atomic E-state index is 1.12. The molecule has 0 aromatic heterocycles. The third-order valence-corrected chi connectivity index (χ3v) is 19.4. The van der Waals surface area contributed by atoms with Gasteiger partial charge in [0.05, 0.1) is 0 Å². The van der Waals surface area contributed by atoms with E-state index < -0.39 is 0 Å². The van der Waals surface area contributed by atoms with Crippen LogP contribution in [0.3, 0.4) is 0 Å². The summed E-state index contributed by atoms with van der Waals surface area (Å²) in [4.78, 5) is 2.50. The van der Waals surface area contributed by atoms with Crippen molar-refractivity contribution in [2.45, 2.75) is 41.5 Å². The summed E-state index contributed by atoms with van der Waals surface area (Å²) in [6.45, 7) is 13.8. The lowest BCUT2D eigenvalue weighted by Gasteiger charge is -2.28. The first-order valence-electron chi connectivity index (χ1n) is 31.8. The van der Waals surface area contributed by atoms with E-state index in [-0.39, 0.29) is 0 Å². The molecule has 0 aliphatic heterocycles. The highest BCUT2D eigenvalue weighted by Gasteiger charge is 2.21. The van der Waals surface area contributed by atoms with Crippen LogP contribution in [-0.2, 0) is 0 Å². The van der Waals surface area contributed by atoms with Gasteiger partial charge in [0.25, 0.3) is 0 Å². The number of anilines is 3. The second-order valence-corrected chi connectivity index (χ2v) is 24.7. The zero-order valence-corrected chi connectivity index (χ0v) is 52.4. The van der Waals surface area contributed by atoms with Crippen LogP contribution in [0.25, 0.3) is 134 Å². The van der Waals surface area contributed by atoms with Crippen molar-refractivity contribution in [3.8, 4) is 33.4 Å². The Morgan fingerprint density at radius 2 is 0.374 bits per heavy atom. The Hall–Kier alpha value is -11.1. The van der Waals surface area contributed by atoms with Gasteiger partial charge in [0, 0.05) is 17.1 Å². The van der Waals surface area contributed by atoms with Gasteiger partial charge >= 0.3 is 0 Å². The van der Waals surface area contributed by atoms with Gasteiger partial charge in [-0.05, 0) is 261 Å². The first-order valence-corrected chi connectivity index (χ1v) is 31.8. The van der Waals surface area contributed by atoms with E-state index in [1.54, 1.807) is 0 Å². The molecule has 0 aliphatic rings. The summed E-state index contributed by atoms with van der Waals surface area (Å²) in [7, 11) is 0. The summed E-state index contributed by atoms with van der Waals surface area (Å²) >= 11 is 0. The third-order valence-electron chi connectivity index (χ3n) is 19.4. The smallest absolute Gasteiger partial charge is 0.0468 e. The van der Waals surface area contributed by atoms with Gasteiger partial charge in [0.1, 0.15) is 0 Å². The molecule has 91 heavy (non-hydrogen) atoms. The predicted molar refractivity (Wildman–Crippen MR) is 397 cm³/mol. The van der Waals surface area contributed by atoms with Gasteiger partial charge < -0.3 is 4.90 Å². The lowest BCUT2D eigenvalue weighted by molar-refractivity contribution is 1.29. The van der Waals surface area contributed by atoms with Gasteiger partial charge in [0.15, 0.2) is 0 Å². The molecular formula is C90H69N. The number of nitrogens with zero attached hydrogens (tertiary/aromatic N) is 1. The summed E-state index contributed by atoms with van der Waals surface area (Å²) < 4.78 is 0. The fourth-order valence-corrected chi connectivity index (χ4v) is 13.7. The molecule has 15 aromatic carbocycles. The normalized spacial score (nSPS) is 11.9. The molecule has 0 radical (unpaired) electrons. The highest BCUT2D eigenvalue weighted by Crippen LogP contribution is 2.46. The minimum Gasteiger partial charge on any atom is -0.310 e. The summed E-state index contributed by atoms with van der Waals surface area (Å²) in [5, 5.41) is 15.2. The molecule has 0 aliphatic carbocycles. The van der Waals surface area contributed by atoms with E-state index in [4.69, 9.17) is 0 Å². The van der Waals surface area contributed by atoms with E-state index in [0.29, 0.717) is 0 Å². The van der Waals surface area contributed by atoms with E-state index in [1.807, 2.05) is 0 Å². The van der Waals surface area contributed by atoms with Crippen LogP contribution in [0.2, 0.25) is 0 Å². The highest BCUT2D eigenvalue weighted by atomic mass is 15.1. The SMILES string of the molecule is Cc1c(C)c2cc(N(c3ccc4c(c3)c(C)c(C)c3cc(-c5ccc(/C=C/c6ccccc6)cc5)ccc34)c3ccc4c(c3)c(C)c(C)c3cc(-c5ccc(/C=C/c6ccccc6)cc5)ccc34)ccc2c2ccc(-c3ccc(/C=C/c4ccccc4)cc3)cc12. The van der Waals surface area contributed by atoms with E-state index in [1.165, 1.54) is 165 Å². The van der Waals surface area contributed by atoms with Crippen molar-refractivity contribution < 1.29 is 0 Å². The number of fused-ring (bicyclic) bond motifs is 9. The average molecular weight is 1160 g/mol. The van der Waals surface area contributed by atoms with Crippen LogP contribution in [0, 0.1) is 41.5 Å². The van der Waals surface area contributed by atoms with Gasteiger partial charge in [-0.15, -0.1) is 0 Å². The maximum atomic E-state index is 2.50. The average Bonchev–Trinajstić information content (AvgIpc) is 0.920. The lowest BCUT2D eigenvalue weighted by atomic mass is 9.89.